The Labute approximate surface area is 167 Å². The van der Waals surface area contributed by atoms with E-state index >= 15 is 0 Å². The van der Waals surface area contributed by atoms with Gasteiger partial charge in [0.15, 0.2) is 17.5 Å². The third-order valence-electron chi connectivity index (χ3n) is 4.24. The highest BCUT2D eigenvalue weighted by Crippen LogP contribution is 2.28. The zero-order valence-corrected chi connectivity index (χ0v) is 16.5. The van der Waals surface area contributed by atoms with Crippen LogP contribution in [0.25, 0.3) is 28.3 Å². The summed E-state index contributed by atoms with van der Waals surface area (Å²) in [5.41, 5.74) is 2.89. The summed E-state index contributed by atoms with van der Waals surface area (Å²) in [4.78, 5) is 14.2. The highest BCUT2D eigenvalue weighted by Gasteiger charge is 2.16. The third-order valence-corrected chi connectivity index (χ3v) is 4.77. The van der Waals surface area contributed by atoms with Gasteiger partial charge >= 0.3 is 0 Å². The van der Waals surface area contributed by atoms with E-state index in [1.165, 1.54) is 0 Å². The van der Waals surface area contributed by atoms with Crippen LogP contribution in [0, 0.1) is 0 Å². The highest BCUT2D eigenvalue weighted by molar-refractivity contribution is 9.10. The van der Waals surface area contributed by atoms with Crippen molar-refractivity contribution in [2.24, 2.45) is 0 Å². The number of nitrogens with zero attached hydrogens (tertiary/aromatic N) is 3. The van der Waals surface area contributed by atoms with Crippen molar-refractivity contribution < 1.29 is 0 Å². The average molecular weight is 416 g/mol. The van der Waals surface area contributed by atoms with Gasteiger partial charge < -0.3 is 0 Å². The first-order valence-corrected chi connectivity index (χ1v) is 9.55. The van der Waals surface area contributed by atoms with Gasteiger partial charge in [0.1, 0.15) is 0 Å². The van der Waals surface area contributed by atoms with E-state index in [0.717, 1.165) is 16.7 Å². The summed E-state index contributed by atoms with van der Waals surface area (Å²) in [6, 6.07) is 20.0. The normalized spacial score (nSPS) is 18.8. The molecule has 4 rings (SSSR count). The van der Waals surface area contributed by atoms with Crippen LogP contribution in [-0.2, 0) is 0 Å². The van der Waals surface area contributed by atoms with E-state index in [2.05, 4.69) is 35.0 Å². The fourth-order valence-electron chi connectivity index (χ4n) is 2.79. The fraction of sp³-hybridized carbons (Fsp3) is 0.0870. The van der Waals surface area contributed by atoms with E-state index in [-0.39, 0.29) is 4.32 Å². The van der Waals surface area contributed by atoms with Crippen molar-refractivity contribution in [2.75, 3.05) is 0 Å². The van der Waals surface area contributed by atoms with Crippen LogP contribution in [0.15, 0.2) is 91.0 Å². The van der Waals surface area contributed by atoms with Crippen LogP contribution in [-0.4, -0.2) is 19.3 Å². The zero-order valence-electron chi connectivity index (χ0n) is 14.9. The molecule has 2 aromatic carbocycles. The molecule has 1 atom stereocenters. The lowest BCUT2D eigenvalue weighted by molar-refractivity contribution is 1.03. The average Bonchev–Trinajstić information content (AvgIpc) is 2.89. The van der Waals surface area contributed by atoms with Crippen molar-refractivity contribution in [3.8, 4) is 22.8 Å². The zero-order chi connectivity index (χ0) is 18.7. The van der Waals surface area contributed by atoms with Crippen molar-refractivity contribution in [1.82, 2.24) is 15.0 Å². The second kappa shape index (κ2) is 7.41. The predicted molar refractivity (Wildman–Crippen MR) is 114 cm³/mol. The number of hydrogen-bond donors (Lipinski definition) is 0. The smallest absolute Gasteiger partial charge is 0.164 e. The lowest BCUT2D eigenvalue weighted by Crippen LogP contribution is -2.05. The molecule has 1 aliphatic rings. The van der Waals surface area contributed by atoms with Crippen molar-refractivity contribution in [2.45, 2.75) is 11.2 Å². The Morgan fingerprint density at radius 3 is 1.78 bits per heavy atom. The number of aromatic nitrogens is 3. The summed E-state index contributed by atoms with van der Waals surface area (Å²) < 4.78 is -0.178. The number of rotatable bonds is 3. The summed E-state index contributed by atoms with van der Waals surface area (Å²) in [6.45, 7) is 2.09. The van der Waals surface area contributed by atoms with E-state index in [1.807, 2.05) is 78.9 Å². The standard InChI is InChI=1S/C23H18BrN3/c1-23(24)15-8-13-19(14-16-23)22-26-20(17-9-4-2-5-10-17)25-21(27-22)18-11-6-3-7-12-18/h2-16H,1H3. The van der Waals surface area contributed by atoms with E-state index in [1.54, 1.807) is 0 Å². The van der Waals surface area contributed by atoms with E-state index in [4.69, 9.17) is 15.0 Å². The molecule has 3 aromatic rings. The minimum Gasteiger partial charge on any atom is -0.208 e. The maximum atomic E-state index is 4.75. The SMILES string of the molecule is CC1(Br)C=CC=C(c2nc(-c3ccccc3)nc(-c3ccccc3)n2)C=C1. The van der Waals surface area contributed by atoms with Crippen LogP contribution in [0.3, 0.4) is 0 Å². The highest BCUT2D eigenvalue weighted by atomic mass is 79.9. The van der Waals surface area contributed by atoms with Crippen LogP contribution < -0.4 is 0 Å². The van der Waals surface area contributed by atoms with Gasteiger partial charge in [0.2, 0.25) is 0 Å². The van der Waals surface area contributed by atoms with Gasteiger partial charge in [-0.05, 0) is 6.92 Å². The van der Waals surface area contributed by atoms with E-state index in [0.29, 0.717) is 17.5 Å². The molecule has 0 amide bonds. The summed E-state index contributed by atoms with van der Waals surface area (Å²) in [6.07, 6.45) is 10.3. The lowest BCUT2D eigenvalue weighted by Gasteiger charge is -2.10. The van der Waals surface area contributed by atoms with Crippen LogP contribution in [0.2, 0.25) is 0 Å². The van der Waals surface area contributed by atoms with Gasteiger partial charge in [-0.2, -0.15) is 0 Å². The maximum absolute atomic E-state index is 4.75. The number of benzene rings is 2. The largest absolute Gasteiger partial charge is 0.208 e. The number of alkyl halides is 1. The molecular weight excluding hydrogens is 398 g/mol. The maximum Gasteiger partial charge on any atom is 0.164 e. The van der Waals surface area contributed by atoms with Gasteiger partial charge in [-0.15, -0.1) is 0 Å². The molecule has 0 radical (unpaired) electrons. The summed E-state index contributed by atoms with van der Waals surface area (Å²) >= 11 is 3.68. The Morgan fingerprint density at radius 1 is 0.704 bits per heavy atom. The van der Waals surface area contributed by atoms with Gasteiger partial charge in [-0.3, -0.25) is 0 Å². The minimum absolute atomic E-state index is 0.178. The molecule has 3 nitrogen and oxygen atoms in total. The Bertz CT molecular complexity index is 978. The van der Waals surface area contributed by atoms with Crippen molar-refractivity contribution in [3.63, 3.8) is 0 Å². The summed E-state index contributed by atoms with van der Waals surface area (Å²) in [5, 5.41) is 0. The second-order valence-corrected chi connectivity index (χ2v) is 8.21. The van der Waals surface area contributed by atoms with E-state index < -0.39 is 0 Å². The third kappa shape index (κ3) is 4.12. The number of allylic oxidation sites excluding steroid dienone is 6. The Morgan fingerprint density at radius 2 is 1.22 bits per heavy atom. The molecular formula is C23H18BrN3. The van der Waals surface area contributed by atoms with Crippen LogP contribution in [0.5, 0.6) is 0 Å². The van der Waals surface area contributed by atoms with Crippen molar-refractivity contribution in [1.29, 1.82) is 0 Å². The number of halogens is 1. The molecule has 4 heteroatoms. The second-order valence-electron chi connectivity index (χ2n) is 6.50. The molecule has 1 aromatic heterocycles. The van der Waals surface area contributed by atoms with Gasteiger partial charge in [-0.25, -0.2) is 15.0 Å². The molecule has 132 valence electrons. The van der Waals surface area contributed by atoms with Gasteiger partial charge in [0, 0.05) is 16.7 Å². The molecule has 1 heterocycles. The summed E-state index contributed by atoms with van der Waals surface area (Å²) in [5.74, 6) is 2.00. The molecule has 0 N–H and O–H groups in total. The molecule has 0 spiro atoms. The van der Waals surface area contributed by atoms with Crippen LogP contribution in [0.1, 0.15) is 12.7 Å². The molecule has 0 aliphatic heterocycles. The monoisotopic (exact) mass is 415 g/mol. The molecule has 0 saturated heterocycles. The lowest BCUT2D eigenvalue weighted by atomic mass is 10.1. The minimum atomic E-state index is -0.178. The molecule has 1 unspecified atom stereocenters. The molecule has 1 aliphatic carbocycles. The van der Waals surface area contributed by atoms with Gasteiger partial charge in [0.25, 0.3) is 0 Å². The van der Waals surface area contributed by atoms with Gasteiger partial charge in [-0.1, -0.05) is 107 Å². The quantitative estimate of drug-likeness (QED) is 0.502. The fourth-order valence-corrected chi connectivity index (χ4v) is 3.08. The van der Waals surface area contributed by atoms with Crippen LogP contribution >= 0.6 is 15.9 Å². The molecule has 0 bridgehead atoms. The molecule has 0 saturated carbocycles. The van der Waals surface area contributed by atoms with Crippen molar-refractivity contribution in [3.05, 3.63) is 96.9 Å². The first-order chi connectivity index (χ1) is 13.1. The van der Waals surface area contributed by atoms with Crippen molar-refractivity contribution >= 4 is 21.5 Å². The first kappa shape index (κ1) is 17.6. The Hall–Kier alpha value is -2.85. The van der Waals surface area contributed by atoms with Gasteiger partial charge in [0.05, 0.1) is 4.32 Å². The Kier molecular flexibility index (Phi) is 4.82. The molecule has 0 fully saturated rings. The Balaban J connectivity index is 1.87. The van der Waals surface area contributed by atoms with Crippen LogP contribution in [0.4, 0.5) is 0 Å². The first-order valence-electron chi connectivity index (χ1n) is 8.76. The topological polar surface area (TPSA) is 38.7 Å². The number of hydrogen-bond acceptors (Lipinski definition) is 3. The van der Waals surface area contributed by atoms with E-state index in [9.17, 15) is 0 Å². The summed E-state index contributed by atoms with van der Waals surface area (Å²) in [7, 11) is 0. The predicted octanol–water partition coefficient (Wildman–Crippen LogP) is 5.87. The molecule has 27 heavy (non-hydrogen) atoms.